The standard InChI is InChI=1S/C19H18N2O3S/c1-12-8-9-16(25-12)15(22)11-21-17(23)19(20-18(21)24)10-4-6-13-5-2-3-7-14(13)19/h2-3,5,7-9H,4,6,10-11H2,1H3,(H,20,24). The molecule has 3 amide bonds. The van der Waals surface area contributed by atoms with Gasteiger partial charge in [-0.25, -0.2) is 4.79 Å². The molecule has 1 aromatic carbocycles. The summed E-state index contributed by atoms with van der Waals surface area (Å²) in [5, 5.41) is 2.88. The van der Waals surface area contributed by atoms with E-state index in [1.165, 1.54) is 11.3 Å². The maximum Gasteiger partial charge on any atom is 0.325 e. The number of rotatable bonds is 3. The molecule has 6 heteroatoms. The fraction of sp³-hybridized carbons (Fsp3) is 0.316. The molecular weight excluding hydrogens is 336 g/mol. The molecule has 1 fully saturated rings. The molecule has 5 nitrogen and oxygen atoms in total. The van der Waals surface area contributed by atoms with Gasteiger partial charge in [0.1, 0.15) is 5.54 Å². The van der Waals surface area contributed by atoms with Crippen LogP contribution in [0.1, 0.15) is 38.5 Å². The summed E-state index contributed by atoms with van der Waals surface area (Å²) in [7, 11) is 0. The molecule has 1 spiro atoms. The number of benzene rings is 1. The highest BCUT2D eigenvalue weighted by atomic mass is 32.1. The lowest BCUT2D eigenvalue weighted by Crippen LogP contribution is -2.46. The van der Waals surface area contributed by atoms with Crippen LogP contribution in [-0.4, -0.2) is 29.2 Å². The normalized spacial score (nSPS) is 22.2. The molecule has 1 unspecified atom stereocenters. The number of nitrogens with zero attached hydrogens (tertiary/aromatic N) is 1. The lowest BCUT2D eigenvalue weighted by Gasteiger charge is -2.33. The highest BCUT2D eigenvalue weighted by Gasteiger charge is 2.54. The molecule has 2 heterocycles. The van der Waals surface area contributed by atoms with Gasteiger partial charge in [0.2, 0.25) is 0 Å². The first-order chi connectivity index (χ1) is 12.0. The highest BCUT2D eigenvalue weighted by molar-refractivity contribution is 7.14. The maximum atomic E-state index is 13.1. The zero-order valence-electron chi connectivity index (χ0n) is 13.9. The Bertz CT molecular complexity index is 888. The van der Waals surface area contributed by atoms with Crippen LogP contribution < -0.4 is 5.32 Å². The molecule has 128 valence electrons. The third kappa shape index (κ3) is 2.48. The van der Waals surface area contributed by atoms with Crippen LogP contribution in [0.2, 0.25) is 0 Å². The molecule has 4 rings (SSSR count). The quantitative estimate of drug-likeness (QED) is 0.681. The second-order valence-corrected chi connectivity index (χ2v) is 7.86. The summed E-state index contributed by atoms with van der Waals surface area (Å²) in [6.07, 6.45) is 2.29. The number of nitrogens with one attached hydrogen (secondary N) is 1. The zero-order chi connectivity index (χ0) is 17.6. The van der Waals surface area contributed by atoms with Gasteiger partial charge in [-0.15, -0.1) is 11.3 Å². The molecule has 0 bridgehead atoms. The van der Waals surface area contributed by atoms with E-state index >= 15 is 0 Å². The van der Waals surface area contributed by atoms with E-state index in [1.54, 1.807) is 6.07 Å². The Labute approximate surface area is 149 Å². The van der Waals surface area contributed by atoms with Crippen LogP contribution in [0.5, 0.6) is 0 Å². The van der Waals surface area contributed by atoms with Crippen molar-refractivity contribution in [1.29, 1.82) is 0 Å². The summed E-state index contributed by atoms with van der Waals surface area (Å²) in [5.74, 6) is -0.519. The molecule has 25 heavy (non-hydrogen) atoms. The third-order valence-corrected chi connectivity index (χ3v) is 6.01. The molecule has 1 aromatic heterocycles. The van der Waals surface area contributed by atoms with Crippen LogP contribution >= 0.6 is 11.3 Å². The van der Waals surface area contributed by atoms with Crippen LogP contribution in [0.4, 0.5) is 4.79 Å². The smallest absolute Gasteiger partial charge is 0.319 e. The first kappa shape index (κ1) is 16.0. The van der Waals surface area contributed by atoms with E-state index < -0.39 is 11.6 Å². The number of hydrogen-bond donors (Lipinski definition) is 1. The monoisotopic (exact) mass is 354 g/mol. The van der Waals surface area contributed by atoms with Crippen molar-refractivity contribution in [3.8, 4) is 0 Å². The van der Waals surface area contributed by atoms with Gasteiger partial charge in [-0.1, -0.05) is 24.3 Å². The summed E-state index contributed by atoms with van der Waals surface area (Å²) in [4.78, 5) is 40.7. The van der Waals surface area contributed by atoms with E-state index in [0.717, 1.165) is 33.7 Å². The van der Waals surface area contributed by atoms with E-state index in [-0.39, 0.29) is 18.2 Å². The van der Waals surface area contributed by atoms with Crippen molar-refractivity contribution in [3.63, 3.8) is 0 Å². The minimum Gasteiger partial charge on any atom is -0.319 e. The van der Waals surface area contributed by atoms with Gasteiger partial charge in [0.25, 0.3) is 5.91 Å². The number of aryl methyl sites for hydroxylation is 2. The molecule has 1 aliphatic carbocycles. The number of carbonyl (C=O) groups is 3. The van der Waals surface area contributed by atoms with Crippen molar-refractivity contribution in [2.45, 2.75) is 31.7 Å². The van der Waals surface area contributed by atoms with Crippen LogP contribution in [0.3, 0.4) is 0 Å². The first-order valence-corrected chi connectivity index (χ1v) is 9.15. The van der Waals surface area contributed by atoms with E-state index in [9.17, 15) is 14.4 Å². The van der Waals surface area contributed by atoms with Crippen molar-refractivity contribution in [1.82, 2.24) is 10.2 Å². The Morgan fingerprint density at radius 1 is 1.24 bits per heavy atom. The van der Waals surface area contributed by atoms with Crippen LogP contribution in [0, 0.1) is 6.92 Å². The third-order valence-electron chi connectivity index (χ3n) is 4.97. The van der Waals surface area contributed by atoms with Gasteiger partial charge in [0.05, 0.1) is 11.4 Å². The van der Waals surface area contributed by atoms with Crippen molar-refractivity contribution in [2.75, 3.05) is 6.54 Å². The van der Waals surface area contributed by atoms with Crippen molar-refractivity contribution in [2.24, 2.45) is 0 Å². The van der Waals surface area contributed by atoms with Crippen LogP contribution in [-0.2, 0) is 16.8 Å². The van der Waals surface area contributed by atoms with E-state index in [1.807, 2.05) is 37.3 Å². The Balaban J connectivity index is 1.64. The van der Waals surface area contributed by atoms with Gasteiger partial charge in [0.15, 0.2) is 5.78 Å². The number of fused-ring (bicyclic) bond motifs is 2. The summed E-state index contributed by atoms with van der Waals surface area (Å²) >= 11 is 1.38. The fourth-order valence-electron chi connectivity index (χ4n) is 3.76. The van der Waals surface area contributed by atoms with Gasteiger partial charge in [-0.3, -0.25) is 14.5 Å². The molecule has 0 saturated carbocycles. The Hall–Kier alpha value is -2.47. The molecule has 1 saturated heterocycles. The van der Waals surface area contributed by atoms with Gasteiger partial charge in [0, 0.05) is 4.88 Å². The van der Waals surface area contributed by atoms with Gasteiger partial charge in [-0.05, 0) is 49.4 Å². The predicted octanol–water partition coefficient (Wildman–Crippen LogP) is 3.02. The predicted molar refractivity (Wildman–Crippen MR) is 94.7 cm³/mol. The van der Waals surface area contributed by atoms with E-state index in [4.69, 9.17) is 0 Å². The van der Waals surface area contributed by atoms with Crippen molar-refractivity contribution >= 4 is 29.1 Å². The van der Waals surface area contributed by atoms with Crippen LogP contribution in [0.15, 0.2) is 36.4 Å². The SMILES string of the molecule is Cc1ccc(C(=O)CN2C(=O)NC3(CCCc4ccccc43)C2=O)s1. The number of Topliss-reactive ketones (excluding diaryl/α,β-unsaturated/α-hetero) is 1. The van der Waals surface area contributed by atoms with Crippen molar-refractivity contribution in [3.05, 3.63) is 57.3 Å². The number of ketones is 1. The summed E-state index contributed by atoms with van der Waals surface area (Å²) in [5.41, 5.74) is 0.934. The lowest BCUT2D eigenvalue weighted by atomic mass is 9.76. The van der Waals surface area contributed by atoms with E-state index in [2.05, 4.69) is 5.32 Å². The average Bonchev–Trinajstić information content (AvgIpc) is 3.13. The van der Waals surface area contributed by atoms with Crippen molar-refractivity contribution < 1.29 is 14.4 Å². The molecule has 1 N–H and O–H groups in total. The Morgan fingerprint density at radius 3 is 2.80 bits per heavy atom. The van der Waals surface area contributed by atoms with E-state index in [0.29, 0.717) is 11.3 Å². The number of amides is 3. The first-order valence-electron chi connectivity index (χ1n) is 8.33. The second-order valence-electron chi connectivity index (χ2n) is 6.57. The molecule has 1 atom stereocenters. The second kappa shape index (κ2) is 5.81. The maximum absolute atomic E-state index is 13.1. The molecule has 0 radical (unpaired) electrons. The minimum absolute atomic E-state index is 0.206. The number of carbonyl (C=O) groups excluding carboxylic acids is 3. The number of hydrogen-bond acceptors (Lipinski definition) is 4. The highest BCUT2D eigenvalue weighted by Crippen LogP contribution is 2.39. The summed E-state index contributed by atoms with van der Waals surface area (Å²) in [6, 6.07) is 10.9. The summed E-state index contributed by atoms with van der Waals surface area (Å²) < 4.78 is 0. The number of imide groups is 1. The molecule has 2 aliphatic rings. The molecule has 1 aliphatic heterocycles. The number of thiophene rings is 1. The van der Waals surface area contributed by atoms with Gasteiger partial charge < -0.3 is 5.32 Å². The van der Waals surface area contributed by atoms with Gasteiger partial charge >= 0.3 is 6.03 Å². The topological polar surface area (TPSA) is 66.5 Å². The molecular formula is C19H18N2O3S. The zero-order valence-corrected chi connectivity index (χ0v) is 14.7. The lowest BCUT2D eigenvalue weighted by molar-refractivity contribution is -0.131. The Morgan fingerprint density at radius 2 is 2.04 bits per heavy atom. The summed E-state index contributed by atoms with van der Waals surface area (Å²) in [6.45, 7) is 1.71. The largest absolute Gasteiger partial charge is 0.325 e. The van der Waals surface area contributed by atoms with Gasteiger partial charge in [-0.2, -0.15) is 0 Å². The van der Waals surface area contributed by atoms with Crippen LogP contribution in [0.25, 0.3) is 0 Å². The Kier molecular flexibility index (Phi) is 3.72. The average molecular weight is 354 g/mol. The minimum atomic E-state index is -1.02. The fourth-order valence-corrected chi connectivity index (χ4v) is 4.56. The number of urea groups is 1. The molecule has 2 aromatic rings.